The second-order valence-corrected chi connectivity index (χ2v) is 6.86. The van der Waals surface area contributed by atoms with Gasteiger partial charge in [-0.25, -0.2) is 4.79 Å². The molecule has 0 radical (unpaired) electrons. The van der Waals surface area contributed by atoms with Gasteiger partial charge in [0.05, 0.1) is 13.0 Å². The minimum atomic E-state index is -0.291. The van der Waals surface area contributed by atoms with Crippen LogP contribution in [-0.2, 0) is 20.7 Å². The van der Waals surface area contributed by atoms with E-state index in [1.807, 2.05) is 4.90 Å². The van der Waals surface area contributed by atoms with Crippen molar-refractivity contribution >= 4 is 23.6 Å². The van der Waals surface area contributed by atoms with E-state index >= 15 is 0 Å². The number of rotatable bonds is 7. The number of amides is 3. The quantitative estimate of drug-likeness (QED) is 0.728. The molecule has 1 saturated carbocycles. The van der Waals surface area contributed by atoms with Gasteiger partial charge in [0.25, 0.3) is 0 Å². The molecule has 1 saturated heterocycles. The van der Waals surface area contributed by atoms with Crippen molar-refractivity contribution < 1.29 is 19.1 Å². The molecule has 140 valence electrons. The van der Waals surface area contributed by atoms with E-state index < -0.39 is 0 Å². The summed E-state index contributed by atoms with van der Waals surface area (Å²) in [6, 6.07) is 7.23. The van der Waals surface area contributed by atoms with E-state index in [-0.39, 0.29) is 30.2 Å². The Hall–Kier alpha value is -2.57. The largest absolute Gasteiger partial charge is 0.466 e. The molecule has 3 amide bonds. The third kappa shape index (κ3) is 4.97. The van der Waals surface area contributed by atoms with Gasteiger partial charge in [-0.1, -0.05) is 12.1 Å². The van der Waals surface area contributed by atoms with Crippen molar-refractivity contribution in [2.24, 2.45) is 5.92 Å². The Balaban J connectivity index is 1.40. The van der Waals surface area contributed by atoms with Crippen molar-refractivity contribution in [3.63, 3.8) is 0 Å². The first-order valence-electron chi connectivity index (χ1n) is 9.14. The van der Waals surface area contributed by atoms with Gasteiger partial charge in [-0.05, 0) is 37.5 Å². The van der Waals surface area contributed by atoms with Crippen LogP contribution in [0.3, 0.4) is 0 Å². The van der Waals surface area contributed by atoms with E-state index in [0.717, 1.165) is 24.9 Å². The van der Waals surface area contributed by atoms with Gasteiger partial charge in [0, 0.05) is 37.2 Å². The molecule has 1 aromatic rings. The lowest BCUT2D eigenvalue weighted by Gasteiger charge is -2.16. The van der Waals surface area contributed by atoms with E-state index in [1.54, 1.807) is 31.2 Å². The summed E-state index contributed by atoms with van der Waals surface area (Å²) in [5.74, 6) is 0.120. The number of urea groups is 1. The maximum absolute atomic E-state index is 12.0. The molecule has 1 aliphatic carbocycles. The molecule has 0 bridgehead atoms. The van der Waals surface area contributed by atoms with Gasteiger partial charge in [-0.15, -0.1) is 0 Å². The van der Waals surface area contributed by atoms with Crippen LogP contribution >= 0.6 is 0 Å². The number of benzene rings is 1. The summed E-state index contributed by atoms with van der Waals surface area (Å²) in [7, 11) is 0. The average Bonchev–Trinajstić information content (AvgIpc) is 3.38. The van der Waals surface area contributed by atoms with Crippen LogP contribution in [0.4, 0.5) is 10.5 Å². The van der Waals surface area contributed by atoms with Crippen molar-refractivity contribution in [2.45, 2.75) is 38.6 Å². The van der Waals surface area contributed by atoms with E-state index in [2.05, 4.69) is 10.6 Å². The standard InChI is InChI=1S/C19H25N3O4/c1-2-26-18(24)10-13-3-5-15(6-4-13)21-19(25)20-11-14-9-17(23)22(12-14)16-7-8-16/h3-6,14,16H,2,7-12H2,1H3,(H2,20,21,25). The van der Waals surface area contributed by atoms with E-state index in [1.165, 1.54) is 0 Å². The Labute approximate surface area is 153 Å². The van der Waals surface area contributed by atoms with Gasteiger partial charge >= 0.3 is 12.0 Å². The maximum Gasteiger partial charge on any atom is 0.319 e. The molecule has 2 fully saturated rings. The lowest BCUT2D eigenvalue weighted by Crippen LogP contribution is -2.34. The third-order valence-corrected chi connectivity index (χ3v) is 4.64. The Morgan fingerprint density at radius 3 is 2.62 bits per heavy atom. The second-order valence-electron chi connectivity index (χ2n) is 6.86. The van der Waals surface area contributed by atoms with E-state index in [9.17, 15) is 14.4 Å². The van der Waals surface area contributed by atoms with Crippen LogP contribution in [0.15, 0.2) is 24.3 Å². The summed E-state index contributed by atoms with van der Waals surface area (Å²) in [6.45, 7) is 3.37. The number of esters is 1. The highest BCUT2D eigenvalue weighted by Gasteiger charge is 2.39. The molecule has 2 aliphatic rings. The fourth-order valence-corrected chi connectivity index (χ4v) is 3.18. The SMILES string of the molecule is CCOC(=O)Cc1ccc(NC(=O)NCC2CC(=O)N(C3CC3)C2)cc1. The number of hydrogen-bond acceptors (Lipinski definition) is 4. The van der Waals surface area contributed by atoms with Crippen molar-refractivity contribution in [1.82, 2.24) is 10.2 Å². The Morgan fingerprint density at radius 2 is 1.96 bits per heavy atom. The molecule has 3 rings (SSSR count). The van der Waals surface area contributed by atoms with Gasteiger partial charge in [-0.2, -0.15) is 0 Å². The Morgan fingerprint density at radius 1 is 1.23 bits per heavy atom. The molecule has 1 aliphatic heterocycles. The monoisotopic (exact) mass is 359 g/mol. The number of carbonyl (C=O) groups excluding carboxylic acids is 3. The summed E-state index contributed by atoms with van der Waals surface area (Å²) in [4.78, 5) is 37.3. The normalized spacial score (nSPS) is 19.3. The van der Waals surface area contributed by atoms with Crippen molar-refractivity contribution in [1.29, 1.82) is 0 Å². The van der Waals surface area contributed by atoms with E-state index in [4.69, 9.17) is 4.74 Å². The molecule has 1 heterocycles. The topological polar surface area (TPSA) is 87.7 Å². The summed E-state index contributed by atoms with van der Waals surface area (Å²) < 4.78 is 4.91. The van der Waals surface area contributed by atoms with Crippen LogP contribution in [-0.4, -0.2) is 48.5 Å². The number of hydrogen-bond donors (Lipinski definition) is 2. The van der Waals surface area contributed by atoms with Gasteiger partial charge in [-0.3, -0.25) is 9.59 Å². The zero-order chi connectivity index (χ0) is 18.5. The predicted octanol–water partition coefficient (Wildman–Crippen LogP) is 1.92. The number of likely N-dealkylation sites (tertiary alicyclic amines) is 1. The minimum absolute atomic E-state index is 0.181. The fraction of sp³-hybridized carbons (Fsp3) is 0.526. The van der Waals surface area contributed by atoms with Gasteiger partial charge in [0.15, 0.2) is 0 Å². The van der Waals surface area contributed by atoms with Crippen LogP contribution < -0.4 is 10.6 Å². The highest BCUT2D eigenvalue weighted by molar-refractivity contribution is 5.89. The number of carbonyl (C=O) groups is 3. The van der Waals surface area contributed by atoms with Gasteiger partial charge < -0.3 is 20.3 Å². The molecular formula is C19H25N3O4. The third-order valence-electron chi connectivity index (χ3n) is 4.64. The molecule has 1 unspecified atom stereocenters. The average molecular weight is 359 g/mol. The Kier molecular flexibility index (Phi) is 5.75. The molecule has 0 spiro atoms. The second kappa shape index (κ2) is 8.21. The fourth-order valence-electron chi connectivity index (χ4n) is 3.18. The predicted molar refractivity (Wildman–Crippen MR) is 96.6 cm³/mol. The lowest BCUT2D eigenvalue weighted by molar-refractivity contribution is -0.142. The summed E-state index contributed by atoms with van der Waals surface area (Å²) in [5, 5.41) is 5.60. The molecule has 0 aromatic heterocycles. The van der Waals surface area contributed by atoms with Crippen LogP contribution in [0.5, 0.6) is 0 Å². The first-order chi connectivity index (χ1) is 12.5. The molecular weight excluding hydrogens is 334 g/mol. The molecule has 2 N–H and O–H groups in total. The minimum Gasteiger partial charge on any atom is -0.466 e. The van der Waals surface area contributed by atoms with Crippen LogP contribution in [0.2, 0.25) is 0 Å². The van der Waals surface area contributed by atoms with Crippen molar-refractivity contribution in [2.75, 3.05) is 25.0 Å². The smallest absolute Gasteiger partial charge is 0.319 e. The molecule has 1 atom stereocenters. The zero-order valence-electron chi connectivity index (χ0n) is 15.0. The zero-order valence-corrected chi connectivity index (χ0v) is 15.0. The summed E-state index contributed by atoms with van der Waals surface area (Å²) in [5.41, 5.74) is 1.48. The van der Waals surface area contributed by atoms with Gasteiger partial charge in [0.2, 0.25) is 5.91 Å². The highest BCUT2D eigenvalue weighted by Crippen LogP contribution is 2.32. The van der Waals surface area contributed by atoms with Gasteiger partial charge in [0.1, 0.15) is 0 Å². The maximum atomic E-state index is 12.0. The highest BCUT2D eigenvalue weighted by atomic mass is 16.5. The van der Waals surface area contributed by atoms with Crippen LogP contribution in [0, 0.1) is 5.92 Å². The summed E-state index contributed by atoms with van der Waals surface area (Å²) >= 11 is 0. The molecule has 26 heavy (non-hydrogen) atoms. The number of nitrogens with zero attached hydrogens (tertiary/aromatic N) is 1. The number of ether oxygens (including phenoxy) is 1. The lowest BCUT2D eigenvalue weighted by atomic mass is 10.1. The van der Waals surface area contributed by atoms with Crippen molar-refractivity contribution in [3.05, 3.63) is 29.8 Å². The van der Waals surface area contributed by atoms with Crippen LogP contribution in [0.25, 0.3) is 0 Å². The van der Waals surface area contributed by atoms with Crippen molar-refractivity contribution in [3.8, 4) is 0 Å². The number of nitrogens with one attached hydrogen (secondary N) is 2. The van der Waals surface area contributed by atoms with E-state index in [0.29, 0.717) is 31.3 Å². The molecule has 7 nitrogen and oxygen atoms in total. The molecule has 7 heteroatoms. The van der Waals surface area contributed by atoms with Crippen LogP contribution in [0.1, 0.15) is 31.7 Å². The summed E-state index contributed by atoms with van der Waals surface area (Å²) in [6.07, 6.45) is 2.95. The molecule has 1 aromatic carbocycles. The first kappa shape index (κ1) is 18.2. The number of anilines is 1. The Bertz CT molecular complexity index is 670. The first-order valence-corrected chi connectivity index (χ1v) is 9.14.